The molecule has 0 unspecified atom stereocenters. The van der Waals surface area contributed by atoms with Gasteiger partial charge in [0, 0.05) is 5.56 Å². The lowest BCUT2D eigenvalue weighted by molar-refractivity contribution is 0.624. The fraction of sp³-hybridized carbons (Fsp3) is 0.273. The Morgan fingerprint density at radius 3 is 2.39 bits per heavy atom. The minimum atomic E-state index is -0.265. The van der Waals surface area contributed by atoms with Gasteiger partial charge in [-0.2, -0.15) is 0 Å². The molecule has 0 radical (unpaired) electrons. The zero-order valence-electron chi connectivity index (χ0n) is 13.9. The molecule has 0 spiro atoms. The molecule has 0 atom stereocenters. The molecule has 0 nitrogen and oxygen atoms in total. The standard InChI is InChI=1S/C22H23F/c1-3-5-6-8-20-14-16-21(22(23)17-20)15-13-19-11-9-18(7-4-2)10-12-19/h6,8-12,14,16-17H,3-5,7H2,1-2H3. The van der Waals surface area contributed by atoms with Crippen molar-refractivity contribution in [3.63, 3.8) is 0 Å². The molecular weight excluding hydrogens is 283 g/mol. The Labute approximate surface area is 139 Å². The highest BCUT2D eigenvalue weighted by atomic mass is 19.1. The highest BCUT2D eigenvalue weighted by Crippen LogP contribution is 2.12. The van der Waals surface area contributed by atoms with Gasteiger partial charge in [-0.1, -0.05) is 68.9 Å². The molecule has 118 valence electrons. The fourth-order valence-electron chi connectivity index (χ4n) is 2.31. The molecule has 0 aromatic heterocycles. The number of halogens is 1. The third-order valence-corrected chi connectivity index (χ3v) is 3.59. The minimum Gasteiger partial charge on any atom is -0.206 e. The molecule has 0 aliphatic heterocycles. The molecule has 23 heavy (non-hydrogen) atoms. The summed E-state index contributed by atoms with van der Waals surface area (Å²) in [7, 11) is 0. The van der Waals surface area contributed by atoms with Crippen LogP contribution in [-0.2, 0) is 6.42 Å². The van der Waals surface area contributed by atoms with Crippen LogP contribution in [0.15, 0.2) is 48.5 Å². The van der Waals surface area contributed by atoms with E-state index in [1.807, 2.05) is 24.3 Å². The Morgan fingerprint density at radius 1 is 0.957 bits per heavy atom. The monoisotopic (exact) mass is 306 g/mol. The van der Waals surface area contributed by atoms with Gasteiger partial charge >= 0.3 is 0 Å². The van der Waals surface area contributed by atoms with E-state index >= 15 is 0 Å². The summed E-state index contributed by atoms with van der Waals surface area (Å²) in [6.45, 7) is 4.29. The Morgan fingerprint density at radius 2 is 1.74 bits per heavy atom. The minimum absolute atomic E-state index is 0.265. The van der Waals surface area contributed by atoms with Crippen molar-refractivity contribution in [2.45, 2.75) is 39.5 Å². The maximum absolute atomic E-state index is 14.1. The number of hydrogen-bond acceptors (Lipinski definition) is 0. The summed E-state index contributed by atoms with van der Waals surface area (Å²) < 4.78 is 14.1. The summed E-state index contributed by atoms with van der Waals surface area (Å²) in [5.74, 6) is 5.70. The van der Waals surface area contributed by atoms with Crippen molar-refractivity contribution < 1.29 is 4.39 Å². The van der Waals surface area contributed by atoms with E-state index in [4.69, 9.17) is 0 Å². The van der Waals surface area contributed by atoms with Gasteiger partial charge in [-0.05, 0) is 48.2 Å². The Bertz CT molecular complexity index is 712. The van der Waals surface area contributed by atoms with Crippen molar-refractivity contribution in [2.75, 3.05) is 0 Å². The lowest BCUT2D eigenvalue weighted by Gasteiger charge is -1.99. The molecule has 0 fully saturated rings. The lowest BCUT2D eigenvalue weighted by Crippen LogP contribution is -1.86. The van der Waals surface area contributed by atoms with Crippen LogP contribution in [0.5, 0.6) is 0 Å². The first kappa shape index (κ1) is 17.0. The van der Waals surface area contributed by atoms with E-state index in [1.165, 1.54) is 5.56 Å². The molecule has 0 amide bonds. The van der Waals surface area contributed by atoms with E-state index in [-0.39, 0.29) is 5.82 Å². The van der Waals surface area contributed by atoms with Crippen molar-refractivity contribution in [1.29, 1.82) is 0 Å². The Kier molecular flexibility index (Phi) is 6.63. The van der Waals surface area contributed by atoms with Gasteiger partial charge in [-0.3, -0.25) is 0 Å². The highest BCUT2D eigenvalue weighted by molar-refractivity contribution is 5.53. The normalized spacial score (nSPS) is 10.6. The largest absolute Gasteiger partial charge is 0.206 e. The van der Waals surface area contributed by atoms with Gasteiger partial charge in [0.25, 0.3) is 0 Å². The maximum atomic E-state index is 14.1. The average Bonchev–Trinajstić information content (AvgIpc) is 2.56. The Balaban J connectivity index is 2.11. The van der Waals surface area contributed by atoms with Gasteiger partial charge < -0.3 is 0 Å². The summed E-state index contributed by atoms with van der Waals surface area (Å²) in [6.07, 6.45) is 8.34. The van der Waals surface area contributed by atoms with E-state index in [2.05, 4.69) is 43.9 Å². The molecule has 0 aliphatic carbocycles. The topological polar surface area (TPSA) is 0 Å². The SMILES string of the molecule is CCCC=Cc1ccc(C#Cc2ccc(CCC)cc2)c(F)c1. The van der Waals surface area contributed by atoms with Crippen molar-refractivity contribution >= 4 is 6.08 Å². The molecule has 2 aromatic rings. The quantitative estimate of drug-likeness (QED) is 0.595. The highest BCUT2D eigenvalue weighted by Gasteiger charge is 1.99. The Hall–Kier alpha value is -2.33. The second kappa shape index (κ2) is 8.96. The molecule has 0 saturated carbocycles. The van der Waals surface area contributed by atoms with E-state index in [0.717, 1.165) is 36.8 Å². The van der Waals surface area contributed by atoms with Gasteiger partial charge in [-0.15, -0.1) is 0 Å². The molecule has 2 aromatic carbocycles. The van der Waals surface area contributed by atoms with E-state index in [9.17, 15) is 4.39 Å². The predicted molar refractivity (Wildman–Crippen MR) is 96.8 cm³/mol. The van der Waals surface area contributed by atoms with Crippen molar-refractivity contribution in [1.82, 2.24) is 0 Å². The number of aryl methyl sites for hydroxylation is 1. The first-order valence-electron chi connectivity index (χ1n) is 8.30. The fourth-order valence-corrected chi connectivity index (χ4v) is 2.31. The molecule has 2 rings (SSSR count). The number of allylic oxidation sites excluding steroid dienone is 1. The van der Waals surface area contributed by atoms with Gasteiger partial charge in [0.1, 0.15) is 5.82 Å². The molecule has 0 heterocycles. The zero-order valence-corrected chi connectivity index (χ0v) is 13.9. The molecule has 0 bridgehead atoms. The number of unbranched alkanes of at least 4 members (excludes halogenated alkanes) is 1. The van der Waals surface area contributed by atoms with Crippen molar-refractivity contribution in [3.05, 3.63) is 76.6 Å². The van der Waals surface area contributed by atoms with E-state index < -0.39 is 0 Å². The van der Waals surface area contributed by atoms with Crippen LogP contribution in [0.1, 0.15) is 55.4 Å². The van der Waals surface area contributed by atoms with Crippen LogP contribution in [-0.4, -0.2) is 0 Å². The van der Waals surface area contributed by atoms with Crippen LogP contribution in [0.25, 0.3) is 6.08 Å². The van der Waals surface area contributed by atoms with Gasteiger partial charge in [0.15, 0.2) is 0 Å². The molecule has 0 aliphatic rings. The lowest BCUT2D eigenvalue weighted by atomic mass is 10.1. The van der Waals surface area contributed by atoms with Crippen LogP contribution in [0.4, 0.5) is 4.39 Å². The second-order valence-corrected chi connectivity index (χ2v) is 5.63. The first-order valence-corrected chi connectivity index (χ1v) is 8.30. The second-order valence-electron chi connectivity index (χ2n) is 5.63. The molecule has 1 heteroatoms. The van der Waals surface area contributed by atoms with Crippen molar-refractivity contribution in [2.24, 2.45) is 0 Å². The number of benzene rings is 2. The van der Waals surface area contributed by atoms with Crippen LogP contribution < -0.4 is 0 Å². The predicted octanol–water partition coefficient (Wildman–Crippen LogP) is 5.99. The van der Waals surface area contributed by atoms with Gasteiger partial charge in [-0.25, -0.2) is 4.39 Å². The van der Waals surface area contributed by atoms with Gasteiger partial charge in [0.05, 0.1) is 5.56 Å². The smallest absolute Gasteiger partial charge is 0.139 e. The first-order chi connectivity index (χ1) is 11.2. The third-order valence-electron chi connectivity index (χ3n) is 3.59. The summed E-state index contributed by atoms with van der Waals surface area (Å²) in [5, 5.41) is 0. The van der Waals surface area contributed by atoms with Crippen LogP contribution >= 0.6 is 0 Å². The number of rotatable bonds is 5. The van der Waals surface area contributed by atoms with E-state index in [0.29, 0.717) is 5.56 Å². The summed E-state index contributed by atoms with van der Waals surface area (Å²) in [6, 6.07) is 13.4. The molecule has 0 N–H and O–H groups in total. The van der Waals surface area contributed by atoms with Crippen LogP contribution in [0, 0.1) is 17.7 Å². The molecule has 0 saturated heterocycles. The molecular formula is C22H23F. The summed E-state index contributed by atoms with van der Waals surface area (Å²) in [5.41, 5.74) is 3.55. The average molecular weight is 306 g/mol. The van der Waals surface area contributed by atoms with Gasteiger partial charge in [0.2, 0.25) is 0 Å². The van der Waals surface area contributed by atoms with Crippen LogP contribution in [0.3, 0.4) is 0 Å². The van der Waals surface area contributed by atoms with Crippen molar-refractivity contribution in [3.8, 4) is 11.8 Å². The van der Waals surface area contributed by atoms with E-state index in [1.54, 1.807) is 12.1 Å². The zero-order chi connectivity index (χ0) is 16.5. The maximum Gasteiger partial charge on any atom is 0.139 e. The summed E-state index contributed by atoms with van der Waals surface area (Å²) in [4.78, 5) is 0. The number of hydrogen-bond donors (Lipinski definition) is 0. The van der Waals surface area contributed by atoms with Crippen LogP contribution in [0.2, 0.25) is 0 Å². The third kappa shape index (κ3) is 5.42. The summed E-state index contributed by atoms with van der Waals surface area (Å²) >= 11 is 0.